The molecule has 1 aromatic rings. The summed E-state index contributed by atoms with van der Waals surface area (Å²) in [5.74, 6) is 0.963. The van der Waals surface area contributed by atoms with E-state index in [1.165, 1.54) is 0 Å². The Morgan fingerprint density at radius 3 is 2.48 bits per heavy atom. The maximum atomic E-state index is 10.4. The van der Waals surface area contributed by atoms with Gasteiger partial charge in [-0.3, -0.25) is 4.90 Å². The summed E-state index contributed by atoms with van der Waals surface area (Å²) in [7, 11) is 0. The van der Waals surface area contributed by atoms with Crippen molar-refractivity contribution in [1.29, 1.82) is 0 Å². The van der Waals surface area contributed by atoms with Crippen LogP contribution in [0.2, 0.25) is 0 Å². The van der Waals surface area contributed by atoms with Gasteiger partial charge in [0, 0.05) is 55.5 Å². The third kappa shape index (κ3) is 5.21. The van der Waals surface area contributed by atoms with Gasteiger partial charge in [0.05, 0.1) is 0 Å². The lowest BCUT2D eigenvalue weighted by Gasteiger charge is -2.41. The highest BCUT2D eigenvalue weighted by Crippen LogP contribution is 2.40. The van der Waals surface area contributed by atoms with E-state index in [0.29, 0.717) is 11.7 Å². The van der Waals surface area contributed by atoms with Gasteiger partial charge >= 0.3 is 0 Å². The summed E-state index contributed by atoms with van der Waals surface area (Å²) in [6.45, 7) is 5.79. The average Bonchev–Trinajstić information content (AvgIpc) is 2.53. The Labute approximate surface area is 158 Å². The molecule has 23 heavy (non-hydrogen) atoms. The predicted molar refractivity (Wildman–Crippen MR) is 101 cm³/mol. The number of aromatic hydroxyl groups is 1. The summed E-state index contributed by atoms with van der Waals surface area (Å²) < 4.78 is 6.55. The van der Waals surface area contributed by atoms with E-state index in [0.717, 1.165) is 62.3 Å². The molecule has 7 heteroatoms. The highest BCUT2D eigenvalue weighted by atomic mass is 79.9. The molecule has 0 saturated carbocycles. The third-order valence-electron chi connectivity index (χ3n) is 4.57. The van der Waals surface area contributed by atoms with E-state index in [-0.39, 0.29) is 30.9 Å². The number of hydrogen-bond donors (Lipinski definition) is 2. The van der Waals surface area contributed by atoms with Crippen LogP contribution in [0.4, 0.5) is 0 Å². The second-order valence-corrected chi connectivity index (χ2v) is 6.80. The summed E-state index contributed by atoms with van der Waals surface area (Å²) in [5.41, 5.74) is 1.05. The SMILES string of the molecule is Cl.Cl.Oc1ccc(Br)cc1[C@H](C1CCOCC1)N1CCNCC1. The van der Waals surface area contributed by atoms with Crippen molar-refractivity contribution in [2.75, 3.05) is 39.4 Å². The largest absolute Gasteiger partial charge is 0.508 e. The Morgan fingerprint density at radius 2 is 1.83 bits per heavy atom. The van der Waals surface area contributed by atoms with Crippen molar-refractivity contribution in [1.82, 2.24) is 10.2 Å². The first-order valence-corrected chi connectivity index (χ1v) is 8.56. The van der Waals surface area contributed by atoms with Crippen molar-refractivity contribution in [3.63, 3.8) is 0 Å². The van der Waals surface area contributed by atoms with Crippen molar-refractivity contribution < 1.29 is 9.84 Å². The van der Waals surface area contributed by atoms with E-state index in [2.05, 4.69) is 32.2 Å². The molecule has 0 amide bonds. The summed E-state index contributed by atoms with van der Waals surface area (Å²) >= 11 is 3.55. The normalized spacial score (nSPS) is 21.1. The molecule has 2 aliphatic heterocycles. The molecule has 0 aromatic heterocycles. The molecule has 0 radical (unpaired) electrons. The predicted octanol–water partition coefficient (Wildman–Crippen LogP) is 3.37. The van der Waals surface area contributed by atoms with Crippen LogP contribution in [0.1, 0.15) is 24.4 Å². The van der Waals surface area contributed by atoms with E-state index >= 15 is 0 Å². The molecule has 0 aliphatic carbocycles. The van der Waals surface area contributed by atoms with Crippen LogP contribution in [-0.2, 0) is 4.74 Å². The number of ether oxygens (including phenoxy) is 1. The smallest absolute Gasteiger partial charge is 0.120 e. The summed E-state index contributed by atoms with van der Waals surface area (Å²) in [6.07, 6.45) is 2.14. The van der Waals surface area contributed by atoms with Gasteiger partial charge in [0.2, 0.25) is 0 Å². The summed E-state index contributed by atoms with van der Waals surface area (Å²) in [5, 5.41) is 13.8. The van der Waals surface area contributed by atoms with Gasteiger partial charge in [0.25, 0.3) is 0 Å². The van der Waals surface area contributed by atoms with Crippen LogP contribution in [0.15, 0.2) is 22.7 Å². The second kappa shape index (κ2) is 10.1. The quantitative estimate of drug-likeness (QED) is 0.776. The number of nitrogens with one attached hydrogen (secondary N) is 1. The zero-order chi connectivity index (χ0) is 14.7. The van der Waals surface area contributed by atoms with Crippen LogP contribution in [0, 0.1) is 5.92 Å². The minimum absolute atomic E-state index is 0. The number of piperazine rings is 1. The van der Waals surface area contributed by atoms with E-state index in [4.69, 9.17) is 4.74 Å². The number of benzene rings is 1. The number of hydrogen-bond acceptors (Lipinski definition) is 4. The van der Waals surface area contributed by atoms with Crippen LogP contribution >= 0.6 is 40.7 Å². The molecule has 1 aromatic carbocycles. The molecular weight excluding hydrogens is 403 g/mol. The number of rotatable bonds is 3. The molecule has 2 heterocycles. The average molecular weight is 428 g/mol. The Morgan fingerprint density at radius 1 is 1.17 bits per heavy atom. The van der Waals surface area contributed by atoms with Crippen LogP contribution < -0.4 is 5.32 Å². The van der Waals surface area contributed by atoms with Gasteiger partial charge in [-0.1, -0.05) is 15.9 Å². The van der Waals surface area contributed by atoms with Crippen LogP contribution in [0.25, 0.3) is 0 Å². The lowest BCUT2D eigenvalue weighted by molar-refractivity contribution is 0.0206. The Bertz CT molecular complexity index is 463. The molecule has 132 valence electrons. The van der Waals surface area contributed by atoms with Crippen molar-refractivity contribution in [2.45, 2.75) is 18.9 Å². The zero-order valence-electron chi connectivity index (χ0n) is 13.0. The van der Waals surface area contributed by atoms with E-state index in [9.17, 15) is 5.11 Å². The zero-order valence-corrected chi connectivity index (χ0v) is 16.3. The Kier molecular flexibility index (Phi) is 9.19. The van der Waals surface area contributed by atoms with Crippen molar-refractivity contribution in [2.24, 2.45) is 5.92 Å². The first-order valence-electron chi connectivity index (χ1n) is 7.76. The molecule has 0 bridgehead atoms. The number of halogens is 3. The molecule has 1 atom stereocenters. The maximum Gasteiger partial charge on any atom is 0.120 e. The van der Waals surface area contributed by atoms with Gasteiger partial charge in [-0.05, 0) is 37.0 Å². The van der Waals surface area contributed by atoms with E-state index in [1.807, 2.05) is 6.07 Å². The molecule has 2 fully saturated rings. The highest BCUT2D eigenvalue weighted by molar-refractivity contribution is 9.10. The van der Waals surface area contributed by atoms with Gasteiger partial charge < -0.3 is 15.2 Å². The minimum Gasteiger partial charge on any atom is -0.508 e. The standard InChI is InChI=1S/C16H23BrN2O2.2ClH/c17-13-1-2-15(20)14(11-13)16(12-3-9-21-10-4-12)19-7-5-18-6-8-19;;/h1-2,11-12,16,18,20H,3-10H2;2*1H/t16-;;/m0../s1. The van der Waals surface area contributed by atoms with Crippen molar-refractivity contribution >= 4 is 40.7 Å². The number of phenols is 1. The lowest BCUT2D eigenvalue weighted by atomic mass is 9.85. The highest BCUT2D eigenvalue weighted by Gasteiger charge is 2.32. The molecule has 0 spiro atoms. The monoisotopic (exact) mass is 426 g/mol. The topological polar surface area (TPSA) is 44.7 Å². The molecule has 2 saturated heterocycles. The fraction of sp³-hybridized carbons (Fsp3) is 0.625. The van der Waals surface area contributed by atoms with Gasteiger partial charge in [0.1, 0.15) is 5.75 Å². The van der Waals surface area contributed by atoms with Crippen LogP contribution in [-0.4, -0.2) is 49.4 Å². The van der Waals surface area contributed by atoms with E-state index < -0.39 is 0 Å². The van der Waals surface area contributed by atoms with Crippen LogP contribution in [0.5, 0.6) is 5.75 Å². The number of phenolic OH excluding ortho intramolecular Hbond substituents is 1. The van der Waals surface area contributed by atoms with Crippen LogP contribution in [0.3, 0.4) is 0 Å². The molecular formula is C16H25BrCl2N2O2. The van der Waals surface area contributed by atoms with Gasteiger partial charge in [-0.25, -0.2) is 0 Å². The molecule has 2 N–H and O–H groups in total. The van der Waals surface area contributed by atoms with Gasteiger partial charge in [-0.15, -0.1) is 24.8 Å². The van der Waals surface area contributed by atoms with Crippen molar-refractivity contribution in [3.05, 3.63) is 28.2 Å². The fourth-order valence-electron chi connectivity index (χ4n) is 3.50. The number of nitrogens with zero attached hydrogens (tertiary/aromatic N) is 1. The first-order chi connectivity index (χ1) is 10.3. The third-order valence-corrected chi connectivity index (χ3v) is 5.06. The minimum atomic E-state index is 0. The molecule has 4 nitrogen and oxygen atoms in total. The maximum absolute atomic E-state index is 10.4. The van der Waals surface area contributed by atoms with E-state index in [1.54, 1.807) is 6.07 Å². The molecule has 3 rings (SSSR count). The first kappa shape index (κ1) is 21.0. The van der Waals surface area contributed by atoms with Gasteiger partial charge in [0.15, 0.2) is 0 Å². The lowest BCUT2D eigenvalue weighted by Crippen LogP contribution is -2.47. The summed E-state index contributed by atoms with van der Waals surface area (Å²) in [4.78, 5) is 2.52. The fourth-order valence-corrected chi connectivity index (χ4v) is 3.88. The van der Waals surface area contributed by atoms with Gasteiger partial charge in [-0.2, -0.15) is 0 Å². The molecule has 2 aliphatic rings. The Hall–Kier alpha value is -0.0400. The Balaban J connectivity index is 0.00000132. The van der Waals surface area contributed by atoms with Crippen molar-refractivity contribution in [3.8, 4) is 5.75 Å². The summed E-state index contributed by atoms with van der Waals surface area (Å²) in [6, 6.07) is 6.07. The second-order valence-electron chi connectivity index (χ2n) is 5.88. The molecule has 0 unspecified atom stereocenters.